The van der Waals surface area contributed by atoms with Crippen molar-refractivity contribution in [3.05, 3.63) is 77.2 Å². The molecule has 0 saturated heterocycles. The van der Waals surface area contributed by atoms with E-state index in [0.29, 0.717) is 0 Å². The monoisotopic (exact) mass is 351 g/mol. The fourth-order valence-electron chi connectivity index (χ4n) is 2.84. The average Bonchev–Trinajstić information content (AvgIpc) is 2.61. The van der Waals surface area contributed by atoms with Gasteiger partial charge < -0.3 is 9.75 Å². The van der Waals surface area contributed by atoms with Crippen LogP contribution >= 0.6 is 0 Å². The number of hydrazine groups is 1. The number of aromatic nitrogens is 1. The van der Waals surface area contributed by atoms with E-state index in [-0.39, 0.29) is 12.4 Å². The van der Waals surface area contributed by atoms with Gasteiger partial charge >= 0.3 is 0 Å². The van der Waals surface area contributed by atoms with Crippen molar-refractivity contribution >= 4 is 5.69 Å². The third-order valence-corrected chi connectivity index (χ3v) is 4.25. The molecule has 0 bridgehead atoms. The van der Waals surface area contributed by atoms with Crippen molar-refractivity contribution in [1.29, 1.82) is 0 Å². The molecule has 0 saturated carbocycles. The van der Waals surface area contributed by atoms with Gasteiger partial charge in [-0.25, -0.2) is 10.2 Å². The van der Waals surface area contributed by atoms with E-state index in [1.807, 2.05) is 56.3 Å². The van der Waals surface area contributed by atoms with Gasteiger partial charge in [-0.1, -0.05) is 18.2 Å². The third-order valence-electron chi connectivity index (χ3n) is 4.25. The minimum atomic E-state index is -0.415. The maximum atomic E-state index is 14.5. The molecule has 0 unspecified atom stereocenters. The van der Waals surface area contributed by atoms with E-state index in [0.717, 1.165) is 33.8 Å². The number of halogens is 1. The molecule has 0 aliphatic carbocycles. The standard InChI is InChI=1S/C21H22FN3O/c1-14-6-4-9-20(25(3)23)17(14)13-26-21-11-10-16(12-18(21)22)19-8-5-7-15(2)24-19/h4-12H,13,23H2,1-3H3. The molecular formula is C21H22FN3O. The van der Waals surface area contributed by atoms with Crippen LogP contribution in [0.3, 0.4) is 0 Å². The fraction of sp³-hybridized carbons (Fsp3) is 0.190. The van der Waals surface area contributed by atoms with E-state index in [1.165, 1.54) is 11.1 Å². The molecule has 0 amide bonds. The van der Waals surface area contributed by atoms with E-state index < -0.39 is 5.82 Å². The number of benzene rings is 2. The van der Waals surface area contributed by atoms with Crippen LogP contribution in [0, 0.1) is 19.7 Å². The number of hydrogen-bond donors (Lipinski definition) is 1. The lowest BCUT2D eigenvalue weighted by Crippen LogP contribution is -2.26. The summed E-state index contributed by atoms with van der Waals surface area (Å²) in [7, 11) is 1.77. The van der Waals surface area contributed by atoms with Crippen LogP contribution in [0.4, 0.5) is 10.1 Å². The number of anilines is 1. The molecule has 2 aromatic carbocycles. The minimum Gasteiger partial charge on any atom is -0.486 e. The lowest BCUT2D eigenvalue weighted by Gasteiger charge is -2.19. The van der Waals surface area contributed by atoms with Crippen molar-refractivity contribution in [2.24, 2.45) is 5.84 Å². The largest absolute Gasteiger partial charge is 0.486 e. The van der Waals surface area contributed by atoms with Crippen molar-refractivity contribution < 1.29 is 9.13 Å². The predicted octanol–water partition coefficient (Wildman–Crippen LogP) is 4.39. The van der Waals surface area contributed by atoms with Gasteiger partial charge in [0, 0.05) is 23.9 Å². The highest BCUT2D eigenvalue weighted by molar-refractivity contribution is 5.60. The van der Waals surface area contributed by atoms with E-state index >= 15 is 0 Å². The average molecular weight is 351 g/mol. The first-order chi connectivity index (χ1) is 12.5. The molecule has 1 heterocycles. The minimum absolute atomic E-state index is 0.204. The molecule has 0 radical (unpaired) electrons. The molecule has 1 aromatic heterocycles. The number of aryl methyl sites for hydroxylation is 2. The second-order valence-electron chi connectivity index (χ2n) is 6.28. The van der Waals surface area contributed by atoms with Gasteiger partial charge in [-0.2, -0.15) is 0 Å². The van der Waals surface area contributed by atoms with E-state index in [4.69, 9.17) is 10.6 Å². The Morgan fingerprint density at radius 2 is 1.85 bits per heavy atom. The van der Waals surface area contributed by atoms with Crippen LogP contribution in [0.2, 0.25) is 0 Å². The molecule has 134 valence electrons. The van der Waals surface area contributed by atoms with Gasteiger partial charge in [0.2, 0.25) is 0 Å². The van der Waals surface area contributed by atoms with Gasteiger partial charge in [0.15, 0.2) is 11.6 Å². The van der Waals surface area contributed by atoms with Crippen molar-refractivity contribution in [3.8, 4) is 17.0 Å². The molecule has 2 N–H and O–H groups in total. The molecule has 0 atom stereocenters. The Hall–Kier alpha value is -2.92. The number of nitrogens with two attached hydrogens (primary N) is 1. The third kappa shape index (κ3) is 3.83. The Bertz CT molecular complexity index is 925. The Morgan fingerprint density at radius 3 is 2.54 bits per heavy atom. The number of pyridine rings is 1. The smallest absolute Gasteiger partial charge is 0.165 e. The molecule has 3 rings (SSSR count). The lowest BCUT2D eigenvalue weighted by atomic mass is 10.1. The van der Waals surface area contributed by atoms with Crippen molar-refractivity contribution in [1.82, 2.24) is 4.98 Å². The second-order valence-corrected chi connectivity index (χ2v) is 6.28. The van der Waals surface area contributed by atoms with Gasteiger partial charge in [0.25, 0.3) is 0 Å². The van der Waals surface area contributed by atoms with Gasteiger partial charge in [-0.3, -0.25) is 4.98 Å². The predicted molar refractivity (Wildman–Crippen MR) is 102 cm³/mol. The Kier molecular flexibility index (Phi) is 5.19. The summed E-state index contributed by atoms with van der Waals surface area (Å²) >= 11 is 0. The summed E-state index contributed by atoms with van der Waals surface area (Å²) < 4.78 is 20.2. The normalized spacial score (nSPS) is 10.7. The van der Waals surface area contributed by atoms with Crippen LogP contribution in [-0.2, 0) is 6.61 Å². The molecular weight excluding hydrogens is 329 g/mol. The van der Waals surface area contributed by atoms with Crippen LogP contribution in [0.5, 0.6) is 5.75 Å². The van der Waals surface area contributed by atoms with E-state index in [1.54, 1.807) is 13.1 Å². The van der Waals surface area contributed by atoms with Crippen molar-refractivity contribution in [2.45, 2.75) is 20.5 Å². The first-order valence-electron chi connectivity index (χ1n) is 8.39. The van der Waals surface area contributed by atoms with E-state index in [9.17, 15) is 4.39 Å². The Morgan fingerprint density at radius 1 is 1.08 bits per heavy atom. The fourth-order valence-corrected chi connectivity index (χ4v) is 2.84. The maximum Gasteiger partial charge on any atom is 0.165 e. The summed E-state index contributed by atoms with van der Waals surface area (Å²) in [5, 5.41) is 1.54. The van der Waals surface area contributed by atoms with E-state index in [2.05, 4.69) is 4.98 Å². The second kappa shape index (κ2) is 7.54. The molecule has 3 aromatic rings. The molecule has 4 nitrogen and oxygen atoms in total. The molecule has 26 heavy (non-hydrogen) atoms. The Balaban J connectivity index is 1.82. The van der Waals surface area contributed by atoms with Crippen molar-refractivity contribution in [3.63, 3.8) is 0 Å². The summed E-state index contributed by atoms with van der Waals surface area (Å²) in [5.74, 6) is 5.66. The van der Waals surface area contributed by atoms with Gasteiger partial charge in [-0.05, 0) is 55.8 Å². The summed E-state index contributed by atoms with van der Waals surface area (Å²) in [6.07, 6.45) is 0. The van der Waals surface area contributed by atoms with Crippen LogP contribution in [0.15, 0.2) is 54.6 Å². The highest BCUT2D eigenvalue weighted by Gasteiger charge is 2.12. The highest BCUT2D eigenvalue weighted by atomic mass is 19.1. The van der Waals surface area contributed by atoms with Gasteiger partial charge in [0.05, 0.1) is 11.4 Å². The number of ether oxygens (including phenoxy) is 1. The van der Waals surface area contributed by atoms with Crippen LogP contribution in [0.25, 0.3) is 11.3 Å². The zero-order valence-corrected chi connectivity index (χ0v) is 15.2. The summed E-state index contributed by atoms with van der Waals surface area (Å²) in [6, 6.07) is 16.4. The van der Waals surface area contributed by atoms with Crippen LogP contribution < -0.4 is 15.6 Å². The Labute approximate surface area is 153 Å². The SMILES string of the molecule is Cc1cccc(-c2ccc(OCc3c(C)cccc3N(C)N)c(F)c2)n1. The van der Waals surface area contributed by atoms with Crippen LogP contribution in [-0.4, -0.2) is 12.0 Å². The molecule has 5 heteroatoms. The molecule has 0 aliphatic rings. The maximum absolute atomic E-state index is 14.5. The van der Waals surface area contributed by atoms with Crippen LogP contribution in [0.1, 0.15) is 16.8 Å². The molecule has 0 spiro atoms. The first-order valence-corrected chi connectivity index (χ1v) is 8.39. The summed E-state index contributed by atoms with van der Waals surface area (Å²) in [5.41, 5.74) is 5.17. The number of hydrogen-bond acceptors (Lipinski definition) is 4. The molecule has 0 fully saturated rings. The first kappa shape index (κ1) is 17.9. The van der Waals surface area contributed by atoms with Gasteiger partial charge in [-0.15, -0.1) is 0 Å². The quantitative estimate of drug-likeness (QED) is 0.547. The summed E-state index contributed by atoms with van der Waals surface area (Å²) in [6.45, 7) is 4.13. The topological polar surface area (TPSA) is 51.4 Å². The zero-order chi connectivity index (χ0) is 18.7. The summed E-state index contributed by atoms with van der Waals surface area (Å²) in [4.78, 5) is 4.42. The lowest BCUT2D eigenvalue weighted by molar-refractivity contribution is 0.290. The number of nitrogens with zero attached hydrogens (tertiary/aromatic N) is 2. The molecule has 0 aliphatic heterocycles. The van der Waals surface area contributed by atoms with Gasteiger partial charge in [0.1, 0.15) is 6.61 Å². The zero-order valence-electron chi connectivity index (χ0n) is 15.2. The highest BCUT2D eigenvalue weighted by Crippen LogP contribution is 2.27. The van der Waals surface area contributed by atoms with Crippen molar-refractivity contribution in [2.75, 3.05) is 12.1 Å². The number of rotatable bonds is 5.